The molecule has 0 atom stereocenters. The van der Waals surface area contributed by atoms with Crippen molar-refractivity contribution < 1.29 is 19.0 Å². The lowest BCUT2D eigenvalue weighted by molar-refractivity contribution is -0.138. The third-order valence-electron chi connectivity index (χ3n) is 3.99. The second kappa shape index (κ2) is 7.87. The maximum atomic E-state index is 12.1. The average Bonchev–Trinajstić information content (AvgIpc) is 2.55. The molecule has 0 aliphatic heterocycles. The molecule has 0 amide bonds. The Bertz CT molecular complexity index is 560. The van der Waals surface area contributed by atoms with Crippen LogP contribution in [-0.2, 0) is 16.0 Å². The first kappa shape index (κ1) is 16.4. The summed E-state index contributed by atoms with van der Waals surface area (Å²) in [6.45, 7) is 2.25. The standard InChI is InChI=1S/C18H24O4/c1-4-22-18(19)15-10-6-5-8-13(15)12-14-9-7-11-16(20-2)17(14)21-3/h7,9,11H,4-6,8,10,12H2,1-3H3. The smallest absolute Gasteiger partial charge is 0.333 e. The molecule has 0 saturated carbocycles. The van der Waals surface area contributed by atoms with Crippen molar-refractivity contribution in [1.29, 1.82) is 0 Å². The Labute approximate surface area is 132 Å². The normalized spacial score (nSPS) is 14.7. The molecular formula is C18H24O4. The molecule has 4 heteroatoms. The van der Waals surface area contributed by atoms with Gasteiger partial charge in [0.25, 0.3) is 0 Å². The predicted octanol–water partition coefficient (Wildman–Crippen LogP) is 3.68. The molecule has 0 aromatic heterocycles. The first-order valence-electron chi connectivity index (χ1n) is 7.79. The van der Waals surface area contributed by atoms with Gasteiger partial charge in [-0.15, -0.1) is 0 Å². The van der Waals surface area contributed by atoms with Gasteiger partial charge in [0.1, 0.15) is 0 Å². The van der Waals surface area contributed by atoms with Crippen molar-refractivity contribution in [3.05, 3.63) is 34.9 Å². The molecule has 0 unspecified atom stereocenters. The summed E-state index contributed by atoms with van der Waals surface area (Å²) in [5.74, 6) is 1.29. The topological polar surface area (TPSA) is 44.8 Å². The fourth-order valence-electron chi connectivity index (χ4n) is 2.95. The Balaban J connectivity index is 2.32. The zero-order valence-corrected chi connectivity index (χ0v) is 13.6. The van der Waals surface area contributed by atoms with Crippen LogP contribution >= 0.6 is 0 Å². The monoisotopic (exact) mass is 304 g/mol. The highest BCUT2D eigenvalue weighted by Gasteiger charge is 2.21. The second-order valence-electron chi connectivity index (χ2n) is 5.34. The number of methoxy groups -OCH3 is 2. The fourth-order valence-corrected chi connectivity index (χ4v) is 2.95. The lowest BCUT2D eigenvalue weighted by Crippen LogP contribution is -2.14. The zero-order valence-electron chi connectivity index (χ0n) is 13.6. The van der Waals surface area contributed by atoms with Crippen molar-refractivity contribution >= 4 is 5.97 Å². The van der Waals surface area contributed by atoms with Crippen molar-refractivity contribution in [3.63, 3.8) is 0 Å². The number of allylic oxidation sites excluding steroid dienone is 1. The van der Waals surface area contributed by atoms with Crippen LogP contribution in [0.3, 0.4) is 0 Å². The van der Waals surface area contributed by atoms with Crippen LogP contribution in [-0.4, -0.2) is 26.8 Å². The summed E-state index contributed by atoms with van der Waals surface area (Å²) < 4.78 is 16.0. The van der Waals surface area contributed by atoms with E-state index in [1.807, 2.05) is 25.1 Å². The summed E-state index contributed by atoms with van der Waals surface area (Å²) >= 11 is 0. The Morgan fingerprint density at radius 3 is 2.59 bits per heavy atom. The molecule has 0 spiro atoms. The van der Waals surface area contributed by atoms with E-state index in [9.17, 15) is 4.79 Å². The van der Waals surface area contributed by atoms with Gasteiger partial charge in [0.15, 0.2) is 11.5 Å². The van der Waals surface area contributed by atoms with Crippen molar-refractivity contribution in [1.82, 2.24) is 0 Å². The third kappa shape index (κ3) is 3.62. The van der Waals surface area contributed by atoms with E-state index in [4.69, 9.17) is 14.2 Å². The highest BCUT2D eigenvalue weighted by Crippen LogP contribution is 2.35. The summed E-state index contributed by atoms with van der Waals surface area (Å²) in [6.07, 6.45) is 4.61. The van der Waals surface area contributed by atoms with Crippen LogP contribution in [0.4, 0.5) is 0 Å². The molecule has 1 aliphatic rings. The molecule has 4 nitrogen and oxygen atoms in total. The van der Waals surface area contributed by atoms with Crippen molar-refractivity contribution in [2.24, 2.45) is 0 Å². The van der Waals surface area contributed by atoms with Crippen LogP contribution in [0.5, 0.6) is 11.5 Å². The highest BCUT2D eigenvalue weighted by atomic mass is 16.5. The highest BCUT2D eigenvalue weighted by molar-refractivity contribution is 5.89. The molecular weight excluding hydrogens is 280 g/mol. The van der Waals surface area contributed by atoms with E-state index in [0.717, 1.165) is 48.1 Å². The molecule has 0 N–H and O–H groups in total. The second-order valence-corrected chi connectivity index (χ2v) is 5.34. The molecule has 1 aromatic rings. The first-order chi connectivity index (χ1) is 10.7. The van der Waals surface area contributed by atoms with Gasteiger partial charge in [0.05, 0.1) is 20.8 Å². The molecule has 1 aromatic carbocycles. The Kier molecular flexibility index (Phi) is 5.87. The van der Waals surface area contributed by atoms with Gasteiger partial charge in [-0.1, -0.05) is 17.7 Å². The summed E-state index contributed by atoms with van der Waals surface area (Å²) in [5.41, 5.74) is 3.05. The maximum Gasteiger partial charge on any atom is 0.333 e. The molecule has 2 rings (SSSR count). The first-order valence-corrected chi connectivity index (χ1v) is 7.79. The Morgan fingerprint density at radius 2 is 1.91 bits per heavy atom. The summed E-state index contributed by atoms with van der Waals surface area (Å²) in [5, 5.41) is 0. The van der Waals surface area contributed by atoms with E-state index < -0.39 is 0 Å². The van der Waals surface area contributed by atoms with Gasteiger partial charge >= 0.3 is 5.97 Å². The van der Waals surface area contributed by atoms with Gasteiger partial charge in [-0.05, 0) is 45.1 Å². The quantitative estimate of drug-likeness (QED) is 0.752. The van der Waals surface area contributed by atoms with Crippen LogP contribution in [0.2, 0.25) is 0 Å². The summed E-state index contributed by atoms with van der Waals surface area (Å²) in [4.78, 5) is 12.1. The number of para-hydroxylation sites is 1. The zero-order chi connectivity index (χ0) is 15.9. The number of esters is 1. The Morgan fingerprint density at radius 1 is 1.14 bits per heavy atom. The van der Waals surface area contributed by atoms with Crippen LogP contribution < -0.4 is 9.47 Å². The molecule has 0 saturated heterocycles. The SMILES string of the molecule is CCOC(=O)C1=C(Cc2cccc(OC)c2OC)CCCC1. The van der Waals surface area contributed by atoms with E-state index in [1.54, 1.807) is 14.2 Å². The fraction of sp³-hybridized carbons (Fsp3) is 0.500. The molecule has 1 aliphatic carbocycles. The largest absolute Gasteiger partial charge is 0.493 e. The molecule has 0 fully saturated rings. The molecule has 0 heterocycles. The number of ether oxygens (including phenoxy) is 3. The van der Waals surface area contributed by atoms with Gasteiger partial charge in [-0.25, -0.2) is 4.79 Å². The Hall–Kier alpha value is -1.97. The number of carbonyl (C=O) groups excluding carboxylic acids is 1. The van der Waals surface area contributed by atoms with Gasteiger partial charge in [-0.3, -0.25) is 0 Å². The number of hydrogen-bond donors (Lipinski definition) is 0. The minimum atomic E-state index is -0.168. The van der Waals surface area contributed by atoms with E-state index in [0.29, 0.717) is 18.8 Å². The lowest BCUT2D eigenvalue weighted by atomic mass is 9.87. The van der Waals surface area contributed by atoms with Crippen LogP contribution in [0.25, 0.3) is 0 Å². The lowest BCUT2D eigenvalue weighted by Gasteiger charge is -2.20. The van der Waals surface area contributed by atoms with Gasteiger partial charge in [-0.2, -0.15) is 0 Å². The molecule has 0 radical (unpaired) electrons. The molecule has 22 heavy (non-hydrogen) atoms. The van der Waals surface area contributed by atoms with Crippen molar-refractivity contribution in [2.45, 2.75) is 39.0 Å². The number of carbonyl (C=O) groups is 1. The van der Waals surface area contributed by atoms with Crippen LogP contribution in [0.15, 0.2) is 29.3 Å². The number of rotatable bonds is 6. The van der Waals surface area contributed by atoms with Crippen molar-refractivity contribution in [2.75, 3.05) is 20.8 Å². The average molecular weight is 304 g/mol. The maximum absolute atomic E-state index is 12.1. The van der Waals surface area contributed by atoms with E-state index in [-0.39, 0.29) is 5.97 Å². The number of hydrogen-bond acceptors (Lipinski definition) is 4. The van der Waals surface area contributed by atoms with Gasteiger partial charge < -0.3 is 14.2 Å². The van der Waals surface area contributed by atoms with Crippen molar-refractivity contribution in [3.8, 4) is 11.5 Å². The van der Waals surface area contributed by atoms with Crippen LogP contribution in [0, 0.1) is 0 Å². The van der Waals surface area contributed by atoms with Crippen LogP contribution in [0.1, 0.15) is 38.2 Å². The molecule has 120 valence electrons. The number of benzene rings is 1. The summed E-state index contributed by atoms with van der Waals surface area (Å²) in [7, 11) is 3.27. The molecule has 0 bridgehead atoms. The predicted molar refractivity (Wildman–Crippen MR) is 85.4 cm³/mol. The van der Waals surface area contributed by atoms with Gasteiger partial charge in [0.2, 0.25) is 0 Å². The van der Waals surface area contributed by atoms with Gasteiger partial charge in [0, 0.05) is 11.1 Å². The minimum Gasteiger partial charge on any atom is -0.493 e. The third-order valence-corrected chi connectivity index (χ3v) is 3.99. The van der Waals surface area contributed by atoms with E-state index in [1.165, 1.54) is 0 Å². The van der Waals surface area contributed by atoms with E-state index in [2.05, 4.69) is 0 Å². The summed E-state index contributed by atoms with van der Waals surface area (Å²) in [6, 6.07) is 5.85. The minimum absolute atomic E-state index is 0.168. The van der Waals surface area contributed by atoms with E-state index >= 15 is 0 Å².